The van der Waals surface area contributed by atoms with E-state index in [-0.39, 0.29) is 13.5 Å². The van der Waals surface area contributed by atoms with Crippen LogP contribution in [0.15, 0.2) is 54.6 Å². The molecule has 0 bridgehead atoms. The van der Waals surface area contributed by atoms with Gasteiger partial charge in [0.15, 0.2) is 0 Å². The van der Waals surface area contributed by atoms with Crippen molar-refractivity contribution in [3.63, 3.8) is 0 Å². The third-order valence-corrected chi connectivity index (χ3v) is 2.13. The Morgan fingerprint density at radius 3 is 2.19 bits per heavy atom. The van der Waals surface area contributed by atoms with Gasteiger partial charge in [-0.15, -0.1) is 5.26 Å². The van der Waals surface area contributed by atoms with E-state index >= 15 is 0 Å². The normalized spacial score (nSPS) is 8.69. The molecule has 0 aromatic heterocycles. The van der Waals surface area contributed by atoms with E-state index in [9.17, 15) is 0 Å². The lowest BCUT2D eigenvalue weighted by Crippen LogP contribution is -1.86. The summed E-state index contributed by atoms with van der Waals surface area (Å²) in [5.41, 5.74) is 1.98. The van der Waals surface area contributed by atoms with E-state index < -0.39 is 0 Å². The first-order valence-corrected chi connectivity index (χ1v) is 4.62. The third kappa shape index (κ3) is 2.56. The topological polar surface area (TPSA) is 33.0 Å². The summed E-state index contributed by atoms with van der Waals surface area (Å²) in [6.45, 7) is 0. The second-order valence-electron chi connectivity index (χ2n) is 3.06. The summed E-state index contributed by atoms with van der Waals surface area (Å²) < 4.78 is 4.90. The maximum atomic E-state index is 8.52. The van der Waals surface area contributed by atoms with Gasteiger partial charge in [-0.25, -0.2) is 0 Å². The smallest absolute Gasteiger partial charge is 0.292 e. The lowest BCUT2D eigenvalue weighted by Gasteiger charge is -2.05. The minimum absolute atomic E-state index is 0. The van der Waals surface area contributed by atoms with Gasteiger partial charge in [-0.1, -0.05) is 48.5 Å². The number of hydrogen-bond acceptors (Lipinski definition) is 2. The first-order chi connectivity index (χ1) is 7.42. The minimum Gasteiger partial charge on any atom is -0.387 e. The van der Waals surface area contributed by atoms with Crippen LogP contribution in [0.25, 0.3) is 11.1 Å². The zero-order valence-electron chi connectivity index (χ0n) is 8.55. The Morgan fingerprint density at radius 2 is 1.50 bits per heavy atom. The number of para-hydroxylation sites is 1. The van der Waals surface area contributed by atoms with Gasteiger partial charge in [-0.3, -0.25) is 0 Å². The van der Waals surface area contributed by atoms with Crippen molar-refractivity contribution in [3.05, 3.63) is 54.6 Å². The van der Waals surface area contributed by atoms with Crippen LogP contribution in [0.4, 0.5) is 0 Å². The zero-order valence-corrected chi connectivity index (χ0v) is 9.55. The highest BCUT2D eigenvalue weighted by molar-refractivity contribution is 7.59. The second kappa shape index (κ2) is 5.84. The fourth-order valence-corrected chi connectivity index (χ4v) is 1.46. The van der Waals surface area contributed by atoms with Crippen molar-refractivity contribution in [2.45, 2.75) is 0 Å². The van der Waals surface area contributed by atoms with Crippen LogP contribution >= 0.6 is 13.5 Å². The summed E-state index contributed by atoms with van der Waals surface area (Å²) in [5.74, 6) is 0.589. The monoisotopic (exact) mass is 229 g/mol. The van der Waals surface area contributed by atoms with Gasteiger partial charge in [0.05, 0.1) is 0 Å². The van der Waals surface area contributed by atoms with E-state index in [4.69, 9.17) is 10.00 Å². The standard InChI is InChI=1S/C13H9NO.H2S/c14-10-15-13-9-5-4-8-12(13)11-6-2-1-3-7-11;/h1-9H;1H2. The molecule has 0 aliphatic heterocycles. The summed E-state index contributed by atoms with van der Waals surface area (Å²) in [7, 11) is 0. The van der Waals surface area contributed by atoms with E-state index in [0.29, 0.717) is 5.75 Å². The van der Waals surface area contributed by atoms with Crippen molar-refractivity contribution < 1.29 is 4.74 Å². The molecule has 0 amide bonds. The zero-order chi connectivity index (χ0) is 10.5. The van der Waals surface area contributed by atoms with Crippen molar-refractivity contribution in [1.82, 2.24) is 0 Å². The molecule has 16 heavy (non-hydrogen) atoms. The number of hydrogen-bond donors (Lipinski definition) is 0. The fraction of sp³-hybridized carbons (Fsp3) is 0. The Kier molecular flexibility index (Phi) is 4.43. The van der Waals surface area contributed by atoms with Crippen molar-refractivity contribution in [2.75, 3.05) is 0 Å². The SMILES string of the molecule is N#COc1ccccc1-c1ccccc1.S. The maximum absolute atomic E-state index is 8.52. The summed E-state index contributed by atoms with van der Waals surface area (Å²) in [6.07, 6.45) is 1.69. The summed E-state index contributed by atoms with van der Waals surface area (Å²) in [4.78, 5) is 0. The predicted octanol–water partition coefficient (Wildman–Crippen LogP) is 3.33. The highest BCUT2D eigenvalue weighted by Gasteiger charge is 2.04. The van der Waals surface area contributed by atoms with Crippen LogP contribution in [-0.2, 0) is 0 Å². The van der Waals surface area contributed by atoms with Crippen LogP contribution in [0.5, 0.6) is 5.75 Å². The molecule has 0 spiro atoms. The molecule has 0 aliphatic rings. The van der Waals surface area contributed by atoms with Gasteiger partial charge in [0.1, 0.15) is 5.75 Å². The van der Waals surface area contributed by atoms with Crippen molar-refractivity contribution in [3.8, 4) is 23.1 Å². The van der Waals surface area contributed by atoms with Crippen molar-refractivity contribution in [1.29, 1.82) is 5.26 Å². The van der Waals surface area contributed by atoms with Gasteiger partial charge >= 0.3 is 0 Å². The molecule has 0 N–H and O–H groups in total. The van der Waals surface area contributed by atoms with Crippen LogP contribution in [-0.4, -0.2) is 0 Å². The molecular formula is C13H11NOS. The number of nitrogens with zero attached hydrogens (tertiary/aromatic N) is 1. The Labute approximate surface area is 102 Å². The average molecular weight is 229 g/mol. The Bertz CT molecular complexity index is 491. The average Bonchev–Trinajstić information content (AvgIpc) is 2.31. The van der Waals surface area contributed by atoms with Crippen LogP contribution in [0.2, 0.25) is 0 Å². The molecule has 0 saturated heterocycles. The Balaban J connectivity index is 0.00000128. The van der Waals surface area contributed by atoms with Crippen LogP contribution in [0.1, 0.15) is 0 Å². The molecule has 80 valence electrons. The van der Waals surface area contributed by atoms with Gasteiger partial charge in [0.25, 0.3) is 6.26 Å². The number of ether oxygens (including phenoxy) is 1. The molecule has 0 unspecified atom stereocenters. The quantitative estimate of drug-likeness (QED) is 0.740. The van der Waals surface area contributed by atoms with Crippen molar-refractivity contribution in [2.24, 2.45) is 0 Å². The van der Waals surface area contributed by atoms with Gasteiger partial charge in [0.2, 0.25) is 0 Å². The van der Waals surface area contributed by atoms with Gasteiger partial charge < -0.3 is 4.74 Å². The van der Waals surface area contributed by atoms with E-state index in [1.807, 2.05) is 48.5 Å². The lowest BCUT2D eigenvalue weighted by atomic mass is 10.1. The molecule has 0 fully saturated rings. The molecular weight excluding hydrogens is 218 g/mol. The summed E-state index contributed by atoms with van der Waals surface area (Å²) in [5, 5.41) is 8.52. The predicted molar refractivity (Wildman–Crippen MR) is 68.5 cm³/mol. The summed E-state index contributed by atoms with van der Waals surface area (Å²) in [6, 6.07) is 17.3. The maximum Gasteiger partial charge on any atom is 0.292 e. The third-order valence-electron chi connectivity index (χ3n) is 2.13. The van der Waals surface area contributed by atoms with Crippen LogP contribution in [0.3, 0.4) is 0 Å². The van der Waals surface area contributed by atoms with E-state index in [1.54, 1.807) is 12.3 Å². The van der Waals surface area contributed by atoms with E-state index in [1.165, 1.54) is 0 Å². The van der Waals surface area contributed by atoms with Gasteiger partial charge in [-0.05, 0) is 11.6 Å². The Morgan fingerprint density at radius 1 is 0.875 bits per heavy atom. The lowest BCUT2D eigenvalue weighted by molar-refractivity contribution is 0.509. The van der Waals surface area contributed by atoms with Crippen molar-refractivity contribution >= 4 is 13.5 Å². The van der Waals surface area contributed by atoms with Gasteiger partial charge in [-0.2, -0.15) is 13.5 Å². The Hall–Kier alpha value is -1.92. The number of nitriles is 1. The summed E-state index contributed by atoms with van der Waals surface area (Å²) >= 11 is 0. The molecule has 2 aromatic carbocycles. The number of rotatable bonds is 2. The molecule has 0 saturated carbocycles. The fourth-order valence-electron chi connectivity index (χ4n) is 1.46. The number of benzene rings is 2. The van der Waals surface area contributed by atoms with E-state index in [2.05, 4.69) is 0 Å². The molecule has 0 atom stereocenters. The molecule has 2 nitrogen and oxygen atoms in total. The molecule has 0 heterocycles. The molecule has 3 heteroatoms. The largest absolute Gasteiger partial charge is 0.387 e. The first-order valence-electron chi connectivity index (χ1n) is 4.62. The first kappa shape index (κ1) is 12.2. The second-order valence-corrected chi connectivity index (χ2v) is 3.06. The van der Waals surface area contributed by atoms with E-state index in [0.717, 1.165) is 11.1 Å². The van der Waals surface area contributed by atoms with Crippen LogP contribution in [0, 0.1) is 11.5 Å². The minimum atomic E-state index is 0. The van der Waals surface area contributed by atoms with Gasteiger partial charge in [0, 0.05) is 5.56 Å². The molecule has 2 aromatic rings. The highest BCUT2D eigenvalue weighted by Crippen LogP contribution is 2.29. The van der Waals surface area contributed by atoms with Crippen LogP contribution < -0.4 is 4.74 Å². The molecule has 2 rings (SSSR count). The molecule has 0 aliphatic carbocycles. The highest BCUT2D eigenvalue weighted by atomic mass is 32.1. The molecule has 0 radical (unpaired) electrons.